The van der Waals surface area contributed by atoms with Crippen LogP contribution in [0.4, 0.5) is 0 Å². The normalized spacial score (nSPS) is 12.7. The molecule has 0 heterocycles. The van der Waals surface area contributed by atoms with Crippen LogP contribution < -0.4 is 5.32 Å². The third-order valence-electron chi connectivity index (χ3n) is 15.3. The Morgan fingerprint density at radius 1 is 0.389 bits per heavy atom. The van der Waals surface area contributed by atoms with Crippen LogP contribution in [0.2, 0.25) is 0 Å². The molecule has 0 rings (SSSR count). The molecule has 426 valence electrons. The van der Waals surface area contributed by atoms with Gasteiger partial charge in [-0.05, 0) is 57.8 Å². The molecule has 2 atom stereocenters. The molecule has 0 fully saturated rings. The molecule has 3 N–H and O–H groups in total. The Balaban J connectivity index is 3.36. The number of carbonyl (C=O) groups excluding carboxylic acids is 2. The zero-order valence-electron chi connectivity index (χ0n) is 48.7. The lowest BCUT2D eigenvalue weighted by atomic mass is 10.0. The second-order valence-electron chi connectivity index (χ2n) is 22.5. The zero-order chi connectivity index (χ0) is 52.2. The number of esters is 1. The van der Waals surface area contributed by atoms with E-state index >= 15 is 0 Å². The van der Waals surface area contributed by atoms with Crippen LogP contribution in [0.25, 0.3) is 0 Å². The first-order chi connectivity index (χ1) is 35.5. The number of unbranched alkanes of at least 4 members (excludes halogenated alkanes) is 46. The molecule has 0 radical (unpaired) electrons. The van der Waals surface area contributed by atoms with Gasteiger partial charge in [0, 0.05) is 12.8 Å². The third-order valence-corrected chi connectivity index (χ3v) is 15.3. The Kier molecular flexibility index (Phi) is 60.5. The first-order valence-corrected chi connectivity index (χ1v) is 32.6. The van der Waals surface area contributed by atoms with Crippen molar-refractivity contribution in [3.63, 3.8) is 0 Å². The van der Waals surface area contributed by atoms with E-state index < -0.39 is 12.1 Å². The predicted molar refractivity (Wildman–Crippen MR) is 315 cm³/mol. The van der Waals surface area contributed by atoms with Gasteiger partial charge in [-0.15, -0.1) is 0 Å². The highest BCUT2D eigenvalue weighted by molar-refractivity contribution is 5.76. The summed E-state index contributed by atoms with van der Waals surface area (Å²) in [5, 5.41) is 23.3. The van der Waals surface area contributed by atoms with Crippen LogP contribution in [0.5, 0.6) is 0 Å². The van der Waals surface area contributed by atoms with Crippen molar-refractivity contribution in [3.8, 4) is 0 Å². The van der Waals surface area contributed by atoms with Gasteiger partial charge in [0.15, 0.2) is 0 Å². The fraction of sp³-hybridized carbons (Fsp3) is 0.909. The summed E-state index contributed by atoms with van der Waals surface area (Å²) >= 11 is 0. The fourth-order valence-electron chi connectivity index (χ4n) is 10.3. The molecular formula is C66H127NO5. The maximum absolute atomic E-state index is 12.5. The largest absolute Gasteiger partial charge is 0.466 e. The van der Waals surface area contributed by atoms with E-state index in [1.807, 2.05) is 0 Å². The van der Waals surface area contributed by atoms with E-state index in [0.717, 1.165) is 51.4 Å². The van der Waals surface area contributed by atoms with Crippen molar-refractivity contribution in [1.82, 2.24) is 5.32 Å². The summed E-state index contributed by atoms with van der Waals surface area (Å²) in [5.41, 5.74) is 0. The summed E-state index contributed by atoms with van der Waals surface area (Å²) in [7, 11) is 0. The van der Waals surface area contributed by atoms with Crippen molar-refractivity contribution in [1.29, 1.82) is 0 Å². The van der Waals surface area contributed by atoms with E-state index in [-0.39, 0.29) is 18.5 Å². The number of aliphatic hydroxyl groups excluding tert-OH is 2. The molecule has 0 aromatic heterocycles. The molecule has 0 aromatic carbocycles. The fourth-order valence-corrected chi connectivity index (χ4v) is 10.3. The van der Waals surface area contributed by atoms with E-state index in [1.54, 1.807) is 0 Å². The lowest BCUT2D eigenvalue weighted by molar-refractivity contribution is -0.143. The van der Waals surface area contributed by atoms with Gasteiger partial charge in [-0.25, -0.2) is 0 Å². The van der Waals surface area contributed by atoms with Crippen molar-refractivity contribution >= 4 is 11.9 Å². The highest BCUT2D eigenvalue weighted by Crippen LogP contribution is 2.18. The highest BCUT2D eigenvalue weighted by Gasteiger charge is 2.20. The van der Waals surface area contributed by atoms with Gasteiger partial charge in [0.05, 0.1) is 25.4 Å². The number of ether oxygens (including phenoxy) is 1. The average Bonchev–Trinajstić information content (AvgIpc) is 3.38. The Morgan fingerprint density at radius 2 is 0.694 bits per heavy atom. The molecule has 0 aliphatic carbocycles. The van der Waals surface area contributed by atoms with Crippen LogP contribution >= 0.6 is 0 Å². The van der Waals surface area contributed by atoms with Gasteiger partial charge in [-0.3, -0.25) is 9.59 Å². The van der Waals surface area contributed by atoms with Crippen molar-refractivity contribution in [2.24, 2.45) is 0 Å². The molecule has 72 heavy (non-hydrogen) atoms. The van der Waals surface area contributed by atoms with Gasteiger partial charge in [0.25, 0.3) is 0 Å². The summed E-state index contributed by atoms with van der Waals surface area (Å²) in [5.74, 6) is -0.0231. The van der Waals surface area contributed by atoms with Crippen LogP contribution in [0.15, 0.2) is 24.3 Å². The van der Waals surface area contributed by atoms with E-state index in [1.165, 1.54) is 276 Å². The van der Waals surface area contributed by atoms with Gasteiger partial charge < -0.3 is 20.3 Å². The first-order valence-electron chi connectivity index (χ1n) is 32.6. The third kappa shape index (κ3) is 57.6. The lowest BCUT2D eigenvalue weighted by Crippen LogP contribution is -2.45. The number of nitrogens with one attached hydrogen (secondary N) is 1. The highest BCUT2D eigenvalue weighted by atomic mass is 16.5. The number of aliphatic hydroxyl groups is 2. The SMILES string of the molecule is CCCCC/C=C\C/C=C\CCCCCCCCCCCC(=O)OCCCCCCCCCCCCCCCCCCCCCCCCC(=O)NC(CO)C(O)CCCCCCCCCCCCCCCC. The minimum atomic E-state index is -0.664. The van der Waals surface area contributed by atoms with Crippen molar-refractivity contribution < 1.29 is 24.5 Å². The van der Waals surface area contributed by atoms with Gasteiger partial charge in [-0.1, -0.05) is 314 Å². The quantitative estimate of drug-likeness (QED) is 0.0320. The predicted octanol–water partition coefficient (Wildman–Crippen LogP) is 20.6. The number of amides is 1. The van der Waals surface area contributed by atoms with Crippen LogP contribution in [0, 0.1) is 0 Å². The molecule has 0 spiro atoms. The van der Waals surface area contributed by atoms with Crippen molar-refractivity contribution in [2.45, 2.75) is 373 Å². The monoisotopic (exact) mass is 1010 g/mol. The molecule has 0 bridgehead atoms. The minimum absolute atomic E-state index is 0.0101. The summed E-state index contributed by atoms with van der Waals surface area (Å²) in [6, 6.07) is -0.541. The van der Waals surface area contributed by atoms with E-state index in [4.69, 9.17) is 4.74 Å². The van der Waals surface area contributed by atoms with E-state index in [2.05, 4.69) is 43.5 Å². The molecule has 1 amide bonds. The molecular weight excluding hydrogens is 887 g/mol. The van der Waals surface area contributed by atoms with E-state index in [0.29, 0.717) is 25.9 Å². The van der Waals surface area contributed by atoms with Gasteiger partial charge in [0.2, 0.25) is 5.91 Å². The lowest BCUT2D eigenvalue weighted by Gasteiger charge is -2.22. The minimum Gasteiger partial charge on any atom is -0.466 e. The second-order valence-corrected chi connectivity index (χ2v) is 22.5. The first kappa shape index (κ1) is 70.3. The molecule has 0 saturated carbocycles. The van der Waals surface area contributed by atoms with Crippen LogP contribution in [0.1, 0.15) is 361 Å². The molecule has 2 unspecified atom stereocenters. The molecule has 0 aromatic rings. The molecule has 0 aliphatic rings. The molecule has 6 heteroatoms. The number of carbonyl (C=O) groups is 2. The average molecular weight is 1010 g/mol. The van der Waals surface area contributed by atoms with Crippen LogP contribution in [0.3, 0.4) is 0 Å². The van der Waals surface area contributed by atoms with Gasteiger partial charge >= 0.3 is 5.97 Å². The summed E-state index contributed by atoms with van der Waals surface area (Å²) < 4.78 is 5.50. The Morgan fingerprint density at radius 3 is 1.08 bits per heavy atom. The van der Waals surface area contributed by atoms with Crippen LogP contribution in [-0.2, 0) is 14.3 Å². The summed E-state index contributed by atoms with van der Waals surface area (Å²) in [6.45, 7) is 4.95. The maximum Gasteiger partial charge on any atom is 0.305 e. The number of allylic oxidation sites excluding steroid dienone is 4. The Labute approximate surface area is 450 Å². The number of rotatable bonds is 61. The summed E-state index contributed by atoms with van der Waals surface area (Å²) in [6.07, 6.45) is 76.2. The standard InChI is InChI=1S/C66H127NO5/c1-3-5-7-9-11-13-15-17-19-20-25-29-32-36-40-44-48-52-56-60-66(71)72-61-57-53-49-45-41-37-33-30-27-24-22-21-23-26-28-31-35-39-43-47-51-55-59-65(70)67-63(62-68)64(69)58-54-50-46-42-38-34-18-16-14-12-10-8-6-4-2/h11,13,17,19,63-64,68-69H,3-10,12,14-16,18,20-62H2,1-2H3,(H,67,70)/b13-11-,19-17-. The topological polar surface area (TPSA) is 95.9 Å². The van der Waals surface area contributed by atoms with Gasteiger partial charge in [-0.2, -0.15) is 0 Å². The Bertz CT molecular complexity index is 1120. The molecule has 6 nitrogen and oxygen atoms in total. The van der Waals surface area contributed by atoms with Crippen molar-refractivity contribution in [3.05, 3.63) is 24.3 Å². The van der Waals surface area contributed by atoms with Crippen LogP contribution in [-0.4, -0.2) is 47.4 Å². The Hall–Kier alpha value is -1.66. The zero-order valence-corrected chi connectivity index (χ0v) is 48.7. The molecule has 0 saturated heterocycles. The number of hydrogen-bond donors (Lipinski definition) is 3. The van der Waals surface area contributed by atoms with Crippen molar-refractivity contribution in [2.75, 3.05) is 13.2 Å². The van der Waals surface area contributed by atoms with Gasteiger partial charge in [0.1, 0.15) is 0 Å². The molecule has 0 aliphatic heterocycles. The second kappa shape index (κ2) is 61.9. The maximum atomic E-state index is 12.5. The number of hydrogen-bond acceptors (Lipinski definition) is 5. The summed E-state index contributed by atoms with van der Waals surface area (Å²) in [4.78, 5) is 24.6. The van der Waals surface area contributed by atoms with E-state index in [9.17, 15) is 19.8 Å². The smallest absolute Gasteiger partial charge is 0.305 e.